The Hall–Kier alpha value is -3.86. The molecule has 1 aliphatic carbocycles. The van der Waals surface area contributed by atoms with Crippen molar-refractivity contribution in [3.63, 3.8) is 0 Å². The fraction of sp³-hybridized carbons (Fsp3) is 0.227. The summed E-state index contributed by atoms with van der Waals surface area (Å²) in [5, 5.41) is 12.5. The second-order valence-electron chi connectivity index (χ2n) is 7.43. The summed E-state index contributed by atoms with van der Waals surface area (Å²) >= 11 is 1.04. The maximum atomic E-state index is 14.5. The number of nitrogens with one attached hydrogen (secondary N) is 1. The number of carbonyl (C=O) groups excluding carboxylic acids is 2. The summed E-state index contributed by atoms with van der Waals surface area (Å²) in [4.78, 5) is 38.6. The predicted molar refractivity (Wildman–Crippen MR) is 118 cm³/mol. The van der Waals surface area contributed by atoms with Crippen LogP contribution in [0.25, 0.3) is 16.5 Å². The smallest absolute Gasteiger partial charge is 0.359 e. The normalized spacial score (nSPS) is 13.3. The van der Waals surface area contributed by atoms with E-state index in [9.17, 15) is 18.8 Å². The van der Waals surface area contributed by atoms with E-state index in [1.54, 1.807) is 19.1 Å². The van der Waals surface area contributed by atoms with Crippen molar-refractivity contribution in [3.05, 3.63) is 69.0 Å². The van der Waals surface area contributed by atoms with Crippen LogP contribution in [0.5, 0.6) is 0 Å². The molecule has 0 radical (unpaired) electrons. The summed E-state index contributed by atoms with van der Waals surface area (Å²) < 4.78 is 25.6. The Labute approximate surface area is 189 Å². The Morgan fingerprint density at radius 1 is 1.33 bits per heavy atom. The number of fused-ring (bicyclic) bond motifs is 1. The third-order valence-electron chi connectivity index (χ3n) is 5.17. The SMILES string of the molecule is CCOC(=O)c1nn(-c2ccccc2F)c(=O)c2c(NC(=O)c3cc(C4CC4)on3)scc12. The fourth-order valence-electron chi connectivity index (χ4n) is 3.40. The molecule has 168 valence electrons. The third-order valence-corrected chi connectivity index (χ3v) is 6.07. The number of thiophene rings is 1. The minimum absolute atomic E-state index is 0.0144. The number of halogens is 1. The van der Waals surface area contributed by atoms with Crippen LogP contribution >= 0.6 is 11.3 Å². The lowest BCUT2D eigenvalue weighted by Gasteiger charge is -2.10. The van der Waals surface area contributed by atoms with E-state index >= 15 is 0 Å². The molecule has 0 bridgehead atoms. The average molecular weight is 468 g/mol. The molecular weight excluding hydrogens is 451 g/mol. The first-order valence-electron chi connectivity index (χ1n) is 10.2. The van der Waals surface area contributed by atoms with E-state index in [0.717, 1.165) is 28.9 Å². The summed E-state index contributed by atoms with van der Waals surface area (Å²) in [6, 6.07) is 7.13. The second kappa shape index (κ2) is 8.24. The van der Waals surface area contributed by atoms with E-state index in [2.05, 4.69) is 15.6 Å². The first-order valence-corrected chi connectivity index (χ1v) is 11.1. The molecule has 3 aromatic heterocycles. The Kier molecular flexibility index (Phi) is 5.25. The first-order chi connectivity index (χ1) is 16.0. The summed E-state index contributed by atoms with van der Waals surface area (Å²) in [5.74, 6) is -1.11. The predicted octanol–water partition coefficient (Wildman–Crippen LogP) is 3.88. The molecule has 1 N–H and O–H groups in total. The van der Waals surface area contributed by atoms with Crippen LogP contribution in [-0.4, -0.2) is 33.4 Å². The molecule has 1 aromatic carbocycles. The number of anilines is 1. The van der Waals surface area contributed by atoms with Crippen LogP contribution in [-0.2, 0) is 4.74 Å². The summed E-state index contributed by atoms with van der Waals surface area (Å²) in [7, 11) is 0. The standard InChI is InChI=1S/C22H17FN4O5S/c1-2-31-22(30)18-12-10-33-20(24-19(28)14-9-16(32-26-14)11-7-8-11)17(12)21(29)27(25-18)15-6-4-3-5-13(15)23/h3-6,9-11H,2,7-8H2,1H3,(H,24,28). The molecule has 4 aromatic rings. The molecule has 1 amide bonds. The maximum absolute atomic E-state index is 14.5. The maximum Gasteiger partial charge on any atom is 0.359 e. The van der Waals surface area contributed by atoms with Gasteiger partial charge in [0.2, 0.25) is 0 Å². The summed E-state index contributed by atoms with van der Waals surface area (Å²) in [6.45, 7) is 1.72. The van der Waals surface area contributed by atoms with E-state index < -0.39 is 23.3 Å². The number of ether oxygens (including phenoxy) is 1. The van der Waals surface area contributed by atoms with Crippen molar-refractivity contribution in [1.82, 2.24) is 14.9 Å². The molecule has 0 saturated heterocycles. The van der Waals surface area contributed by atoms with Gasteiger partial charge >= 0.3 is 5.97 Å². The monoisotopic (exact) mass is 468 g/mol. The van der Waals surface area contributed by atoms with E-state index in [-0.39, 0.29) is 45.4 Å². The highest BCUT2D eigenvalue weighted by Crippen LogP contribution is 2.40. The molecule has 0 aliphatic heterocycles. The lowest BCUT2D eigenvalue weighted by Crippen LogP contribution is -2.26. The van der Waals surface area contributed by atoms with Crippen LogP contribution in [0.1, 0.15) is 52.4 Å². The molecule has 1 fully saturated rings. The van der Waals surface area contributed by atoms with Crippen molar-refractivity contribution < 1.29 is 23.2 Å². The van der Waals surface area contributed by atoms with Gasteiger partial charge in [-0.3, -0.25) is 9.59 Å². The number of carbonyl (C=O) groups is 2. The molecule has 33 heavy (non-hydrogen) atoms. The molecule has 11 heteroatoms. The van der Waals surface area contributed by atoms with Gasteiger partial charge in [0.1, 0.15) is 22.3 Å². The van der Waals surface area contributed by atoms with Crippen molar-refractivity contribution in [3.8, 4) is 5.69 Å². The molecule has 5 rings (SSSR count). The molecule has 0 unspecified atom stereocenters. The van der Waals surface area contributed by atoms with Crippen LogP contribution in [0, 0.1) is 5.82 Å². The topological polar surface area (TPSA) is 116 Å². The molecule has 0 atom stereocenters. The average Bonchev–Trinajstić information content (AvgIpc) is 3.37. The Morgan fingerprint density at radius 2 is 2.12 bits per heavy atom. The quantitative estimate of drug-likeness (QED) is 0.427. The minimum Gasteiger partial charge on any atom is -0.461 e. The number of aromatic nitrogens is 3. The van der Waals surface area contributed by atoms with Crippen molar-refractivity contribution in [2.45, 2.75) is 25.7 Å². The van der Waals surface area contributed by atoms with Crippen molar-refractivity contribution in [1.29, 1.82) is 0 Å². The van der Waals surface area contributed by atoms with E-state index in [1.165, 1.54) is 23.6 Å². The van der Waals surface area contributed by atoms with Crippen LogP contribution in [0.3, 0.4) is 0 Å². The van der Waals surface area contributed by atoms with Crippen LogP contribution in [0.2, 0.25) is 0 Å². The molecule has 9 nitrogen and oxygen atoms in total. The van der Waals surface area contributed by atoms with E-state index in [0.29, 0.717) is 5.76 Å². The van der Waals surface area contributed by atoms with Crippen molar-refractivity contribution in [2.24, 2.45) is 0 Å². The number of nitrogens with zero attached hydrogens (tertiary/aromatic N) is 3. The van der Waals surface area contributed by atoms with Gasteiger partial charge < -0.3 is 14.6 Å². The Balaban J connectivity index is 1.62. The second-order valence-corrected chi connectivity index (χ2v) is 8.31. The van der Waals surface area contributed by atoms with Gasteiger partial charge in [0, 0.05) is 22.8 Å². The van der Waals surface area contributed by atoms with Gasteiger partial charge in [-0.05, 0) is 31.9 Å². The summed E-state index contributed by atoms with van der Waals surface area (Å²) in [6.07, 6.45) is 1.98. The largest absolute Gasteiger partial charge is 0.461 e. The van der Waals surface area contributed by atoms with Gasteiger partial charge in [0.25, 0.3) is 11.5 Å². The van der Waals surface area contributed by atoms with E-state index in [1.807, 2.05) is 0 Å². The van der Waals surface area contributed by atoms with Crippen LogP contribution < -0.4 is 10.9 Å². The number of para-hydroxylation sites is 1. The zero-order valence-electron chi connectivity index (χ0n) is 17.3. The van der Waals surface area contributed by atoms with Crippen LogP contribution in [0.4, 0.5) is 9.39 Å². The number of esters is 1. The number of rotatable bonds is 6. The highest BCUT2D eigenvalue weighted by molar-refractivity contribution is 7.16. The minimum atomic E-state index is -0.770. The lowest BCUT2D eigenvalue weighted by atomic mass is 10.2. The molecule has 3 heterocycles. The van der Waals surface area contributed by atoms with Gasteiger partial charge in [-0.2, -0.15) is 9.78 Å². The number of hydrogen-bond acceptors (Lipinski definition) is 8. The van der Waals surface area contributed by atoms with Gasteiger partial charge in [-0.25, -0.2) is 9.18 Å². The fourth-order valence-corrected chi connectivity index (χ4v) is 4.33. The Morgan fingerprint density at radius 3 is 2.85 bits per heavy atom. The molecular formula is C22H17FN4O5S. The number of benzene rings is 1. The van der Waals surface area contributed by atoms with Gasteiger partial charge in [-0.15, -0.1) is 11.3 Å². The number of hydrogen-bond donors (Lipinski definition) is 1. The zero-order chi connectivity index (χ0) is 23.1. The zero-order valence-corrected chi connectivity index (χ0v) is 18.1. The van der Waals surface area contributed by atoms with Gasteiger partial charge in [0.15, 0.2) is 11.4 Å². The molecule has 1 saturated carbocycles. The third kappa shape index (κ3) is 3.80. The van der Waals surface area contributed by atoms with Gasteiger partial charge in [-0.1, -0.05) is 17.3 Å². The molecule has 1 aliphatic rings. The van der Waals surface area contributed by atoms with Gasteiger partial charge in [0.05, 0.1) is 12.0 Å². The van der Waals surface area contributed by atoms with E-state index in [4.69, 9.17) is 9.26 Å². The lowest BCUT2D eigenvalue weighted by molar-refractivity contribution is 0.0519. The Bertz CT molecular complexity index is 1450. The molecule has 0 spiro atoms. The van der Waals surface area contributed by atoms with Crippen LogP contribution in [0.15, 0.2) is 45.0 Å². The highest BCUT2D eigenvalue weighted by atomic mass is 32.1. The summed E-state index contributed by atoms with van der Waals surface area (Å²) in [5.41, 5.74) is -0.918. The number of amides is 1. The first kappa shape index (κ1) is 21.0. The van der Waals surface area contributed by atoms with Crippen molar-refractivity contribution >= 4 is 39.0 Å². The highest BCUT2D eigenvalue weighted by Gasteiger charge is 2.29. The van der Waals surface area contributed by atoms with Crippen molar-refractivity contribution in [2.75, 3.05) is 11.9 Å².